The maximum atomic E-state index is 12.2. The van der Waals surface area contributed by atoms with E-state index < -0.39 is 0 Å². The number of nitrogens with one attached hydrogen (secondary N) is 2. The summed E-state index contributed by atoms with van der Waals surface area (Å²) < 4.78 is 0. The molecule has 26 heavy (non-hydrogen) atoms. The first kappa shape index (κ1) is 23.2. The van der Waals surface area contributed by atoms with E-state index in [0.29, 0.717) is 37.7 Å². The van der Waals surface area contributed by atoms with Crippen molar-refractivity contribution < 1.29 is 9.59 Å². The van der Waals surface area contributed by atoms with E-state index in [2.05, 4.69) is 20.6 Å². The van der Waals surface area contributed by atoms with E-state index in [0.717, 1.165) is 36.5 Å². The van der Waals surface area contributed by atoms with Crippen molar-refractivity contribution in [3.63, 3.8) is 0 Å². The Labute approximate surface area is 174 Å². The van der Waals surface area contributed by atoms with Crippen molar-refractivity contribution in [2.45, 2.75) is 0 Å². The summed E-state index contributed by atoms with van der Waals surface area (Å²) in [5, 5.41) is 8.01. The Bertz CT molecular complexity index is 508. The fourth-order valence-electron chi connectivity index (χ4n) is 2.59. The molecule has 0 aromatic rings. The Balaban J connectivity index is 0.00000169. The van der Waals surface area contributed by atoms with Gasteiger partial charge in [-0.15, -0.1) is 24.8 Å². The van der Waals surface area contributed by atoms with Crippen molar-refractivity contribution >= 4 is 70.5 Å². The first-order valence-corrected chi connectivity index (χ1v) is 10.1. The predicted octanol–water partition coefficient (Wildman–Crippen LogP) is -0.114. The van der Waals surface area contributed by atoms with Gasteiger partial charge in [0.15, 0.2) is 10.3 Å². The Morgan fingerprint density at radius 1 is 0.808 bits per heavy atom. The van der Waals surface area contributed by atoms with Gasteiger partial charge in [0.1, 0.15) is 0 Å². The standard InChI is InChI=1S/C14H22N6O2S2.2ClH/c21-11(9-23-13-15-1-2-16-13)19-5-7-20(8-6-19)12(22)10-24-14-17-3-4-18-14;;/h1-10H2,(H,15,16)(H,17,18);2*1H. The van der Waals surface area contributed by atoms with E-state index in [9.17, 15) is 9.59 Å². The molecule has 12 heteroatoms. The molecule has 2 amide bonds. The number of amidine groups is 2. The zero-order valence-corrected chi connectivity index (χ0v) is 17.6. The fourth-order valence-corrected chi connectivity index (χ4v) is 4.25. The van der Waals surface area contributed by atoms with Crippen LogP contribution in [0.4, 0.5) is 0 Å². The van der Waals surface area contributed by atoms with Crippen LogP contribution in [0.5, 0.6) is 0 Å². The number of carbonyl (C=O) groups excluding carboxylic acids is 2. The Hall–Kier alpha value is -0.840. The van der Waals surface area contributed by atoms with Crippen LogP contribution in [-0.2, 0) is 9.59 Å². The van der Waals surface area contributed by atoms with Crippen molar-refractivity contribution in [2.24, 2.45) is 9.98 Å². The van der Waals surface area contributed by atoms with Crippen molar-refractivity contribution in [3.8, 4) is 0 Å². The molecule has 1 fully saturated rings. The summed E-state index contributed by atoms with van der Waals surface area (Å²) >= 11 is 2.92. The average Bonchev–Trinajstić information content (AvgIpc) is 3.31. The molecular weight excluding hydrogens is 419 g/mol. The van der Waals surface area contributed by atoms with Crippen LogP contribution in [0.2, 0.25) is 0 Å². The van der Waals surface area contributed by atoms with E-state index in [-0.39, 0.29) is 36.6 Å². The van der Waals surface area contributed by atoms with Crippen LogP contribution in [0.1, 0.15) is 0 Å². The third-order valence-corrected chi connectivity index (χ3v) is 5.81. The zero-order valence-electron chi connectivity index (χ0n) is 14.3. The van der Waals surface area contributed by atoms with Crippen LogP contribution in [0.15, 0.2) is 9.98 Å². The highest BCUT2D eigenvalue weighted by molar-refractivity contribution is 8.14. The molecule has 0 bridgehead atoms. The monoisotopic (exact) mass is 442 g/mol. The first-order chi connectivity index (χ1) is 11.7. The van der Waals surface area contributed by atoms with Gasteiger partial charge in [-0.2, -0.15) is 0 Å². The van der Waals surface area contributed by atoms with Crippen LogP contribution in [0, 0.1) is 0 Å². The van der Waals surface area contributed by atoms with Gasteiger partial charge in [-0.1, -0.05) is 23.5 Å². The normalized spacial score (nSPS) is 18.8. The Morgan fingerprint density at radius 3 is 1.50 bits per heavy atom. The smallest absolute Gasteiger partial charge is 0.233 e. The molecule has 0 unspecified atom stereocenters. The minimum absolute atomic E-state index is 0. The van der Waals surface area contributed by atoms with Crippen molar-refractivity contribution in [1.29, 1.82) is 0 Å². The quantitative estimate of drug-likeness (QED) is 0.630. The van der Waals surface area contributed by atoms with E-state index in [4.69, 9.17) is 0 Å². The van der Waals surface area contributed by atoms with E-state index >= 15 is 0 Å². The minimum atomic E-state index is 0. The minimum Gasteiger partial charge on any atom is -0.363 e. The van der Waals surface area contributed by atoms with Gasteiger partial charge in [-0.05, 0) is 0 Å². The molecule has 0 aliphatic carbocycles. The second kappa shape index (κ2) is 11.8. The number of nitrogens with zero attached hydrogens (tertiary/aromatic N) is 4. The van der Waals surface area contributed by atoms with Crippen LogP contribution < -0.4 is 10.6 Å². The van der Waals surface area contributed by atoms with Crippen molar-refractivity contribution in [3.05, 3.63) is 0 Å². The Kier molecular flexibility index (Phi) is 10.5. The number of aliphatic imine (C=N–C) groups is 2. The van der Waals surface area contributed by atoms with Gasteiger partial charge in [0.05, 0.1) is 24.6 Å². The molecule has 3 aliphatic heterocycles. The van der Waals surface area contributed by atoms with Gasteiger partial charge in [0, 0.05) is 39.3 Å². The number of piperazine rings is 1. The van der Waals surface area contributed by atoms with Gasteiger partial charge in [0.25, 0.3) is 0 Å². The highest BCUT2D eigenvalue weighted by atomic mass is 35.5. The Morgan fingerprint density at radius 2 is 1.19 bits per heavy atom. The molecule has 0 atom stereocenters. The molecule has 3 aliphatic rings. The predicted molar refractivity (Wildman–Crippen MR) is 113 cm³/mol. The molecule has 8 nitrogen and oxygen atoms in total. The van der Waals surface area contributed by atoms with E-state index in [1.165, 1.54) is 23.5 Å². The van der Waals surface area contributed by atoms with Gasteiger partial charge in [-0.25, -0.2) is 0 Å². The number of halogens is 2. The summed E-state index contributed by atoms with van der Waals surface area (Å²) in [6.07, 6.45) is 0. The summed E-state index contributed by atoms with van der Waals surface area (Å²) in [6, 6.07) is 0. The number of hydrogen-bond donors (Lipinski definition) is 2. The molecule has 0 saturated carbocycles. The highest BCUT2D eigenvalue weighted by Crippen LogP contribution is 2.11. The fraction of sp³-hybridized carbons (Fsp3) is 0.714. The number of hydrogen-bond acceptors (Lipinski definition) is 8. The van der Waals surface area contributed by atoms with Crippen molar-refractivity contribution in [2.75, 3.05) is 63.9 Å². The molecule has 2 N–H and O–H groups in total. The third-order valence-electron chi connectivity index (χ3n) is 3.94. The summed E-state index contributed by atoms with van der Waals surface area (Å²) in [7, 11) is 0. The maximum Gasteiger partial charge on any atom is 0.233 e. The highest BCUT2D eigenvalue weighted by Gasteiger charge is 2.24. The van der Waals surface area contributed by atoms with Crippen LogP contribution in [0.3, 0.4) is 0 Å². The number of thioether (sulfide) groups is 2. The van der Waals surface area contributed by atoms with Gasteiger partial charge in [-0.3, -0.25) is 19.6 Å². The second-order valence-electron chi connectivity index (χ2n) is 5.57. The van der Waals surface area contributed by atoms with Gasteiger partial charge < -0.3 is 20.4 Å². The lowest BCUT2D eigenvalue weighted by molar-refractivity contribution is -0.136. The van der Waals surface area contributed by atoms with E-state index in [1.807, 2.05) is 9.80 Å². The lowest BCUT2D eigenvalue weighted by atomic mass is 10.3. The number of carbonyl (C=O) groups is 2. The summed E-state index contributed by atoms with van der Waals surface area (Å²) in [5.41, 5.74) is 0. The molecule has 0 aromatic heterocycles. The zero-order chi connectivity index (χ0) is 16.8. The van der Waals surface area contributed by atoms with Gasteiger partial charge >= 0.3 is 0 Å². The average molecular weight is 443 g/mol. The molecule has 0 spiro atoms. The third kappa shape index (κ3) is 6.71. The van der Waals surface area contributed by atoms with Crippen molar-refractivity contribution in [1.82, 2.24) is 20.4 Å². The molecule has 3 heterocycles. The topological polar surface area (TPSA) is 89.4 Å². The van der Waals surface area contributed by atoms with Gasteiger partial charge in [0.2, 0.25) is 11.8 Å². The summed E-state index contributed by atoms with van der Waals surface area (Å²) in [5.74, 6) is 1.03. The molecule has 148 valence electrons. The van der Waals surface area contributed by atoms with E-state index in [1.54, 1.807) is 0 Å². The molecule has 1 saturated heterocycles. The lowest BCUT2D eigenvalue weighted by Crippen LogP contribution is -2.51. The van der Waals surface area contributed by atoms with Crippen LogP contribution >= 0.6 is 48.3 Å². The summed E-state index contributed by atoms with van der Waals surface area (Å²) in [6.45, 7) is 5.72. The SMILES string of the molecule is Cl.Cl.O=C(CSC1=NCCN1)N1CCN(C(=O)CSC2=NCCN2)CC1. The molecule has 3 rings (SSSR count). The lowest BCUT2D eigenvalue weighted by Gasteiger charge is -2.34. The molecular formula is C14H24Cl2N6O2S2. The van der Waals surface area contributed by atoms with Crippen LogP contribution in [0.25, 0.3) is 0 Å². The number of amides is 2. The maximum absolute atomic E-state index is 12.2. The molecule has 0 radical (unpaired) electrons. The molecule has 0 aromatic carbocycles. The number of rotatable bonds is 4. The second-order valence-corrected chi connectivity index (χ2v) is 7.49. The summed E-state index contributed by atoms with van der Waals surface area (Å²) in [4.78, 5) is 36.7. The van der Waals surface area contributed by atoms with Crippen LogP contribution in [-0.4, -0.2) is 95.8 Å². The first-order valence-electron chi connectivity index (χ1n) is 8.10. The largest absolute Gasteiger partial charge is 0.363 e.